The number of carbonyl (C=O) groups excluding carboxylic acids is 1. The summed E-state index contributed by atoms with van der Waals surface area (Å²) in [6.45, 7) is 4.12. The first-order valence-corrected chi connectivity index (χ1v) is 11.2. The minimum absolute atomic E-state index is 0.0956. The zero-order valence-corrected chi connectivity index (χ0v) is 20.0. The second kappa shape index (κ2) is 9.49. The van der Waals surface area contributed by atoms with Gasteiger partial charge in [0.05, 0.1) is 11.3 Å². The van der Waals surface area contributed by atoms with Crippen LogP contribution in [0.1, 0.15) is 36.2 Å². The molecule has 10 heteroatoms. The van der Waals surface area contributed by atoms with Gasteiger partial charge >= 0.3 is 0 Å². The summed E-state index contributed by atoms with van der Waals surface area (Å²) >= 11 is 0. The summed E-state index contributed by atoms with van der Waals surface area (Å²) < 4.78 is 12.1. The Hall–Kier alpha value is -4.34. The normalized spacial score (nSPS) is 12.6. The van der Waals surface area contributed by atoms with Crippen LogP contribution in [0, 0.1) is 0 Å². The lowest BCUT2D eigenvalue weighted by Gasteiger charge is -2.15. The molecule has 1 amide bonds. The molecule has 3 aromatic rings. The second-order valence-electron chi connectivity index (χ2n) is 8.12. The number of hydrogen-bond acceptors (Lipinski definition) is 8. The fourth-order valence-corrected chi connectivity index (χ4v) is 3.85. The molecule has 0 aliphatic carbocycles. The molecule has 10 nitrogen and oxygen atoms in total. The summed E-state index contributed by atoms with van der Waals surface area (Å²) in [5.41, 5.74) is 1.88. The number of aromatic hydroxyl groups is 3. The second-order valence-corrected chi connectivity index (χ2v) is 8.12. The number of para-hydroxylation sites is 1. The Morgan fingerprint density at radius 2 is 1.83 bits per heavy atom. The third-order valence-electron chi connectivity index (χ3n) is 5.72. The molecule has 1 aliphatic heterocycles. The Kier molecular flexibility index (Phi) is 6.46. The average Bonchev–Trinajstić information content (AvgIpc) is 3.40. The number of rotatable bonds is 7. The summed E-state index contributed by atoms with van der Waals surface area (Å²) in [6, 6.07) is 10.1. The molecule has 0 saturated heterocycles. The zero-order chi connectivity index (χ0) is 25.3. The van der Waals surface area contributed by atoms with Gasteiger partial charge in [-0.3, -0.25) is 9.36 Å². The number of amides is 1. The summed E-state index contributed by atoms with van der Waals surface area (Å²) in [5.74, 6) is 0.0987. The van der Waals surface area contributed by atoms with E-state index in [1.165, 1.54) is 15.5 Å². The molecule has 4 N–H and O–H groups in total. The van der Waals surface area contributed by atoms with Crippen LogP contribution in [0.4, 0.5) is 17.1 Å². The maximum atomic E-state index is 12.4. The molecule has 184 valence electrons. The molecule has 0 saturated carbocycles. The molecule has 0 radical (unpaired) electrons. The fraction of sp³-hybridized carbons (Fsp3) is 0.280. The standard InChI is InChI=1S/C25H28N4O6/c1-5-16(14-10-11-18-19(12-14)35-13-34-18)26-20-21(25(33)29(6-2)24(20)32)27-17-9-7-8-15(22(17)30)23(31)28(3)4/h7-12,27,30,32-33H,5-6,13H2,1-4H3. The van der Waals surface area contributed by atoms with E-state index in [0.717, 1.165) is 5.56 Å². The highest BCUT2D eigenvalue weighted by Gasteiger charge is 2.25. The number of benzene rings is 2. The van der Waals surface area contributed by atoms with Gasteiger partial charge in [-0.2, -0.15) is 0 Å². The number of nitrogens with one attached hydrogen (secondary N) is 1. The van der Waals surface area contributed by atoms with E-state index < -0.39 is 0 Å². The lowest BCUT2D eigenvalue weighted by Crippen LogP contribution is -2.21. The first-order valence-electron chi connectivity index (χ1n) is 11.2. The Morgan fingerprint density at radius 1 is 1.09 bits per heavy atom. The van der Waals surface area contributed by atoms with Crippen molar-refractivity contribution in [1.82, 2.24) is 9.47 Å². The van der Waals surface area contributed by atoms with E-state index in [-0.39, 0.29) is 59.4 Å². The van der Waals surface area contributed by atoms with Gasteiger partial charge in [0.2, 0.25) is 18.6 Å². The van der Waals surface area contributed by atoms with Crippen LogP contribution in [0.15, 0.2) is 41.4 Å². The van der Waals surface area contributed by atoms with Gasteiger partial charge in [0.1, 0.15) is 5.69 Å². The number of hydrogen-bond donors (Lipinski definition) is 4. The van der Waals surface area contributed by atoms with Gasteiger partial charge in [-0.05, 0) is 49.2 Å². The van der Waals surface area contributed by atoms with Crippen LogP contribution in [-0.2, 0) is 6.54 Å². The van der Waals surface area contributed by atoms with Crippen molar-refractivity contribution in [2.45, 2.75) is 26.8 Å². The van der Waals surface area contributed by atoms with Crippen LogP contribution < -0.4 is 14.8 Å². The third kappa shape index (κ3) is 4.30. The maximum Gasteiger partial charge on any atom is 0.257 e. The SMILES string of the molecule is CCC(=Nc1c(Nc2cccc(C(=O)N(C)C)c2O)c(O)n(CC)c1O)c1ccc2c(c1)OCO2. The molecule has 1 aliphatic rings. The minimum Gasteiger partial charge on any atom is -0.505 e. The van der Waals surface area contributed by atoms with Gasteiger partial charge in [-0.25, -0.2) is 4.99 Å². The van der Waals surface area contributed by atoms with Crippen molar-refractivity contribution in [3.05, 3.63) is 47.5 Å². The number of ether oxygens (including phenoxy) is 2. The first-order chi connectivity index (χ1) is 16.8. The van der Waals surface area contributed by atoms with E-state index >= 15 is 0 Å². The van der Waals surface area contributed by atoms with E-state index in [0.29, 0.717) is 23.6 Å². The molecule has 4 rings (SSSR count). The number of anilines is 2. The number of aromatic nitrogens is 1. The molecule has 0 bridgehead atoms. The highest BCUT2D eigenvalue weighted by Crippen LogP contribution is 2.48. The van der Waals surface area contributed by atoms with E-state index in [1.54, 1.807) is 39.2 Å². The summed E-state index contributed by atoms with van der Waals surface area (Å²) in [4.78, 5) is 18.5. The van der Waals surface area contributed by atoms with Crippen molar-refractivity contribution >= 4 is 28.7 Å². The Balaban J connectivity index is 1.80. The van der Waals surface area contributed by atoms with Gasteiger partial charge in [0.15, 0.2) is 22.9 Å². The lowest BCUT2D eigenvalue weighted by atomic mass is 10.1. The fourth-order valence-electron chi connectivity index (χ4n) is 3.85. The smallest absolute Gasteiger partial charge is 0.257 e. The minimum atomic E-state index is -0.376. The van der Waals surface area contributed by atoms with Crippen LogP contribution in [0.2, 0.25) is 0 Å². The quantitative estimate of drug-likeness (QED) is 0.293. The van der Waals surface area contributed by atoms with Gasteiger partial charge in [0, 0.05) is 26.4 Å². The van der Waals surface area contributed by atoms with Crippen molar-refractivity contribution in [2.24, 2.45) is 4.99 Å². The monoisotopic (exact) mass is 480 g/mol. The van der Waals surface area contributed by atoms with Crippen molar-refractivity contribution in [3.63, 3.8) is 0 Å². The first kappa shape index (κ1) is 23.8. The van der Waals surface area contributed by atoms with Crippen LogP contribution >= 0.6 is 0 Å². The van der Waals surface area contributed by atoms with Crippen LogP contribution in [0.25, 0.3) is 0 Å². The Labute approximate surface area is 202 Å². The summed E-state index contributed by atoms with van der Waals surface area (Å²) in [5, 5.41) is 35.5. The Morgan fingerprint density at radius 3 is 2.51 bits per heavy atom. The number of aliphatic imine (C=N–C) groups is 1. The van der Waals surface area contributed by atoms with E-state index in [1.807, 2.05) is 19.1 Å². The third-order valence-corrected chi connectivity index (χ3v) is 5.72. The molecule has 2 heterocycles. The maximum absolute atomic E-state index is 12.4. The molecule has 35 heavy (non-hydrogen) atoms. The molecule has 2 aromatic carbocycles. The van der Waals surface area contributed by atoms with Crippen molar-refractivity contribution in [1.29, 1.82) is 0 Å². The lowest BCUT2D eigenvalue weighted by molar-refractivity contribution is 0.0824. The van der Waals surface area contributed by atoms with Crippen LogP contribution in [-0.4, -0.2) is 57.3 Å². The number of carbonyl (C=O) groups is 1. The molecular formula is C25H28N4O6. The van der Waals surface area contributed by atoms with Gasteiger partial charge < -0.3 is 35.0 Å². The van der Waals surface area contributed by atoms with E-state index in [4.69, 9.17) is 9.47 Å². The molecule has 1 aromatic heterocycles. The average molecular weight is 481 g/mol. The number of phenols is 1. The molecule has 0 atom stereocenters. The van der Waals surface area contributed by atoms with E-state index in [9.17, 15) is 20.1 Å². The number of nitrogens with zero attached hydrogens (tertiary/aromatic N) is 3. The molecular weight excluding hydrogens is 452 g/mol. The summed E-state index contributed by atoms with van der Waals surface area (Å²) in [7, 11) is 3.17. The highest BCUT2D eigenvalue weighted by molar-refractivity contribution is 6.04. The van der Waals surface area contributed by atoms with Crippen LogP contribution in [0.5, 0.6) is 29.0 Å². The van der Waals surface area contributed by atoms with Crippen LogP contribution in [0.3, 0.4) is 0 Å². The highest BCUT2D eigenvalue weighted by atomic mass is 16.7. The zero-order valence-electron chi connectivity index (χ0n) is 20.0. The molecule has 0 spiro atoms. The van der Waals surface area contributed by atoms with Gasteiger partial charge in [0.25, 0.3) is 5.91 Å². The molecule has 0 unspecified atom stereocenters. The van der Waals surface area contributed by atoms with E-state index in [2.05, 4.69) is 10.3 Å². The number of fused-ring (bicyclic) bond motifs is 1. The molecule has 0 fully saturated rings. The predicted octanol–water partition coefficient (Wildman–Crippen LogP) is 4.33. The van der Waals surface area contributed by atoms with Crippen molar-refractivity contribution < 1.29 is 29.6 Å². The Bertz CT molecular complexity index is 1310. The van der Waals surface area contributed by atoms with Gasteiger partial charge in [-0.15, -0.1) is 0 Å². The summed E-state index contributed by atoms with van der Waals surface area (Å²) in [6.07, 6.45) is 0.522. The van der Waals surface area contributed by atoms with Gasteiger partial charge in [-0.1, -0.05) is 13.0 Å². The number of phenolic OH excluding ortho intramolecular Hbond substituents is 1. The largest absolute Gasteiger partial charge is 0.505 e. The topological polar surface area (TPSA) is 129 Å². The predicted molar refractivity (Wildman–Crippen MR) is 132 cm³/mol. The van der Waals surface area contributed by atoms with Crippen molar-refractivity contribution in [2.75, 3.05) is 26.2 Å². The van der Waals surface area contributed by atoms with Crippen molar-refractivity contribution in [3.8, 4) is 29.0 Å².